The minimum Gasteiger partial charge on any atom is -0.508 e. The number of hydrogen-bond acceptors (Lipinski definition) is 4. The highest BCUT2D eigenvalue weighted by Crippen LogP contribution is 2.04. The predicted octanol–water partition coefficient (Wildman–Crippen LogP) is 2.39. The highest BCUT2D eigenvalue weighted by Gasteiger charge is 2.16. The monoisotopic (exact) mass is 338 g/mol. The van der Waals surface area contributed by atoms with E-state index in [9.17, 15) is 14.7 Å². The topological polar surface area (TPSA) is 87.7 Å². The van der Waals surface area contributed by atoms with Crippen LogP contribution in [0.15, 0.2) is 36.6 Å². The quantitative estimate of drug-likeness (QED) is 0.208. The Balaban J connectivity index is 4.14. The molecule has 0 unspecified atom stereocenters. The first-order chi connectivity index (χ1) is 11.5. The molecule has 0 heterocycles. The zero-order chi connectivity index (χ0) is 18.4. The lowest BCUT2D eigenvalue weighted by Gasteiger charge is -2.16. The van der Waals surface area contributed by atoms with Crippen LogP contribution in [0.25, 0.3) is 0 Å². The molecule has 0 fully saturated rings. The van der Waals surface area contributed by atoms with Crippen LogP contribution in [0.2, 0.25) is 0 Å². The lowest BCUT2D eigenvalue weighted by molar-refractivity contribution is -0.133. The highest BCUT2D eigenvalue weighted by molar-refractivity contribution is 5.97. The second kappa shape index (κ2) is 13.4. The normalized spacial score (nSPS) is 12.3. The van der Waals surface area contributed by atoms with Crippen LogP contribution in [0.3, 0.4) is 0 Å². The first-order valence-electron chi connectivity index (χ1n) is 8.36. The molecule has 0 rings (SSSR count). The maximum atomic E-state index is 12.0. The van der Waals surface area contributed by atoms with Gasteiger partial charge in [-0.05, 0) is 18.9 Å². The van der Waals surface area contributed by atoms with Gasteiger partial charge in [-0.25, -0.2) is 0 Å². The Hall–Kier alpha value is -2.08. The molecule has 24 heavy (non-hydrogen) atoms. The van der Waals surface area contributed by atoms with Crippen molar-refractivity contribution in [1.82, 2.24) is 10.6 Å². The molecular formula is C18H30N2O4. The number of amides is 2. The number of allylic oxidation sites excluding steroid dienone is 2. The summed E-state index contributed by atoms with van der Waals surface area (Å²) in [6, 6.07) is 0. The van der Waals surface area contributed by atoms with Crippen LogP contribution in [0.1, 0.15) is 39.5 Å². The van der Waals surface area contributed by atoms with Gasteiger partial charge >= 0.3 is 0 Å². The lowest BCUT2D eigenvalue weighted by Crippen LogP contribution is -2.41. The maximum Gasteiger partial charge on any atom is 0.255 e. The van der Waals surface area contributed by atoms with Gasteiger partial charge in [0.15, 0.2) is 0 Å². The van der Waals surface area contributed by atoms with E-state index in [-0.39, 0.29) is 30.3 Å². The molecule has 0 radical (unpaired) electrons. The van der Waals surface area contributed by atoms with Gasteiger partial charge in [-0.3, -0.25) is 9.59 Å². The van der Waals surface area contributed by atoms with Gasteiger partial charge in [-0.15, -0.1) is 0 Å². The van der Waals surface area contributed by atoms with E-state index >= 15 is 0 Å². The van der Waals surface area contributed by atoms with E-state index in [4.69, 9.17) is 4.74 Å². The van der Waals surface area contributed by atoms with E-state index in [0.717, 1.165) is 19.3 Å². The SMILES string of the molecule is C=C/C=C(\C(=C)O)C(=O)NCCNC(=O)[C@H](CC)OCCCCC. The first-order valence-corrected chi connectivity index (χ1v) is 8.36. The highest BCUT2D eigenvalue weighted by atomic mass is 16.5. The summed E-state index contributed by atoms with van der Waals surface area (Å²) in [7, 11) is 0. The molecule has 6 heteroatoms. The van der Waals surface area contributed by atoms with E-state index in [1.807, 2.05) is 6.92 Å². The average Bonchev–Trinajstić information content (AvgIpc) is 2.56. The molecule has 0 saturated heterocycles. The van der Waals surface area contributed by atoms with Crippen LogP contribution in [0, 0.1) is 0 Å². The zero-order valence-corrected chi connectivity index (χ0v) is 14.8. The van der Waals surface area contributed by atoms with Gasteiger partial charge < -0.3 is 20.5 Å². The largest absolute Gasteiger partial charge is 0.508 e. The summed E-state index contributed by atoms with van der Waals surface area (Å²) in [5.74, 6) is -0.987. The number of aliphatic hydroxyl groups excluding tert-OH is 1. The minimum atomic E-state index is -0.473. The van der Waals surface area contributed by atoms with Crippen molar-refractivity contribution >= 4 is 11.8 Å². The fourth-order valence-electron chi connectivity index (χ4n) is 1.95. The molecule has 0 aliphatic heterocycles. The number of aliphatic hydroxyl groups is 1. The minimum absolute atomic E-state index is 0.0435. The molecule has 0 aliphatic carbocycles. The molecule has 2 amide bonds. The van der Waals surface area contributed by atoms with Crippen molar-refractivity contribution in [1.29, 1.82) is 0 Å². The fraction of sp³-hybridized carbons (Fsp3) is 0.556. The summed E-state index contributed by atoms with van der Waals surface area (Å²) in [4.78, 5) is 23.8. The van der Waals surface area contributed by atoms with Gasteiger partial charge in [-0.2, -0.15) is 0 Å². The van der Waals surface area contributed by atoms with E-state index < -0.39 is 12.0 Å². The fourth-order valence-corrected chi connectivity index (χ4v) is 1.95. The van der Waals surface area contributed by atoms with Crippen molar-refractivity contribution in [2.75, 3.05) is 19.7 Å². The second-order valence-electron chi connectivity index (χ2n) is 5.28. The van der Waals surface area contributed by atoms with Crippen molar-refractivity contribution in [3.63, 3.8) is 0 Å². The zero-order valence-electron chi connectivity index (χ0n) is 14.8. The third kappa shape index (κ3) is 9.15. The van der Waals surface area contributed by atoms with Gasteiger partial charge in [0.2, 0.25) is 5.91 Å². The molecule has 0 saturated carbocycles. The van der Waals surface area contributed by atoms with E-state index in [1.165, 1.54) is 12.2 Å². The van der Waals surface area contributed by atoms with E-state index in [1.54, 1.807) is 0 Å². The maximum absolute atomic E-state index is 12.0. The van der Waals surface area contributed by atoms with Crippen LogP contribution in [0.5, 0.6) is 0 Å². The number of carbonyl (C=O) groups is 2. The Bertz CT molecular complexity index is 458. The Morgan fingerprint density at radius 1 is 1.21 bits per heavy atom. The van der Waals surface area contributed by atoms with Gasteiger partial charge in [0.05, 0.1) is 5.57 Å². The molecule has 0 spiro atoms. The molecule has 3 N–H and O–H groups in total. The molecule has 1 atom stereocenters. The summed E-state index contributed by atoms with van der Waals surface area (Å²) in [6.45, 7) is 11.9. The van der Waals surface area contributed by atoms with Crippen LogP contribution < -0.4 is 10.6 Å². The average molecular weight is 338 g/mol. The first kappa shape index (κ1) is 21.9. The molecule has 136 valence electrons. The Labute approximate surface area is 144 Å². The Morgan fingerprint density at radius 3 is 2.42 bits per heavy atom. The van der Waals surface area contributed by atoms with Gasteiger partial charge in [0.25, 0.3) is 5.91 Å². The molecular weight excluding hydrogens is 308 g/mol. The number of rotatable bonds is 13. The molecule has 0 aliphatic rings. The Kier molecular flexibility index (Phi) is 12.2. The third-order valence-electron chi connectivity index (χ3n) is 3.28. The second-order valence-corrected chi connectivity index (χ2v) is 5.28. The van der Waals surface area contributed by atoms with Gasteiger partial charge in [0.1, 0.15) is 11.9 Å². The van der Waals surface area contributed by atoms with Gasteiger partial charge in [0, 0.05) is 19.7 Å². The third-order valence-corrected chi connectivity index (χ3v) is 3.28. The summed E-state index contributed by atoms with van der Waals surface area (Å²) < 4.78 is 5.57. The summed E-state index contributed by atoms with van der Waals surface area (Å²) in [6.07, 6.45) is 6.02. The number of hydrogen-bond donors (Lipinski definition) is 3. The molecule has 0 aromatic carbocycles. The molecule has 0 bridgehead atoms. The summed E-state index contributed by atoms with van der Waals surface area (Å²) >= 11 is 0. The van der Waals surface area contributed by atoms with Crippen LogP contribution in [0.4, 0.5) is 0 Å². The van der Waals surface area contributed by atoms with Gasteiger partial charge in [-0.1, -0.05) is 45.9 Å². The van der Waals surface area contributed by atoms with Crippen molar-refractivity contribution in [2.45, 2.75) is 45.6 Å². The Morgan fingerprint density at radius 2 is 1.88 bits per heavy atom. The summed E-state index contributed by atoms with van der Waals surface area (Å²) in [5, 5.41) is 14.6. The van der Waals surface area contributed by atoms with Crippen LogP contribution in [-0.4, -0.2) is 42.7 Å². The van der Waals surface area contributed by atoms with Crippen molar-refractivity contribution in [3.8, 4) is 0 Å². The summed E-state index contributed by atoms with van der Waals surface area (Å²) in [5.41, 5.74) is 0.0435. The predicted molar refractivity (Wildman–Crippen MR) is 95.6 cm³/mol. The van der Waals surface area contributed by atoms with Crippen molar-refractivity contribution in [2.24, 2.45) is 0 Å². The van der Waals surface area contributed by atoms with Crippen LogP contribution in [-0.2, 0) is 14.3 Å². The lowest BCUT2D eigenvalue weighted by atomic mass is 10.2. The van der Waals surface area contributed by atoms with E-state index in [0.29, 0.717) is 13.0 Å². The number of ether oxygens (including phenoxy) is 1. The number of nitrogens with one attached hydrogen (secondary N) is 2. The van der Waals surface area contributed by atoms with Crippen LogP contribution >= 0.6 is 0 Å². The number of carbonyl (C=O) groups excluding carboxylic acids is 2. The molecule has 0 aromatic rings. The molecule has 0 aromatic heterocycles. The van der Waals surface area contributed by atoms with Crippen molar-refractivity contribution < 1.29 is 19.4 Å². The number of unbranched alkanes of at least 4 members (excludes halogenated alkanes) is 2. The van der Waals surface area contributed by atoms with Crippen molar-refractivity contribution in [3.05, 3.63) is 36.6 Å². The smallest absolute Gasteiger partial charge is 0.255 e. The standard InChI is InChI=1S/C18H30N2O4/c1-5-8-9-13-24-16(7-3)18(23)20-12-11-19-17(22)15(10-6-2)14(4)21/h6,10,16,21H,2,4-5,7-9,11-13H2,1,3H3,(H,19,22)(H,20,23)/b15-10+/t16-/m0/s1. The molecule has 6 nitrogen and oxygen atoms in total. The van der Waals surface area contributed by atoms with E-state index in [2.05, 4.69) is 30.7 Å².